The lowest BCUT2D eigenvalue weighted by molar-refractivity contribution is 0.898. The molecule has 0 saturated heterocycles. The van der Waals surface area contributed by atoms with Crippen LogP contribution in [0.5, 0.6) is 0 Å². The minimum Gasteiger partial charge on any atom is -0.281 e. The van der Waals surface area contributed by atoms with E-state index in [0.717, 1.165) is 11.4 Å². The molecule has 3 aliphatic rings. The van der Waals surface area contributed by atoms with E-state index in [2.05, 4.69) is 15.0 Å². The van der Waals surface area contributed by atoms with Crippen molar-refractivity contribution in [2.45, 2.75) is 5.54 Å². The molecule has 1 unspecified atom stereocenters. The van der Waals surface area contributed by atoms with Gasteiger partial charge in [0.2, 0.25) is 0 Å². The van der Waals surface area contributed by atoms with Crippen LogP contribution in [-0.4, -0.2) is 29.7 Å². The quantitative estimate of drug-likeness (QED) is 0.543. The van der Waals surface area contributed by atoms with Crippen molar-refractivity contribution in [2.75, 3.05) is 6.54 Å². The first-order valence-corrected chi connectivity index (χ1v) is 4.61. The van der Waals surface area contributed by atoms with Crippen LogP contribution in [-0.2, 0) is 0 Å². The molecule has 0 aromatic heterocycles. The van der Waals surface area contributed by atoms with Gasteiger partial charge in [0.1, 0.15) is 0 Å². The van der Waals surface area contributed by atoms with Gasteiger partial charge in [-0.25, -0.2) is 0 Å². The predicted octanol–water partition coefficient (Wildman–Crippen LogP) is 1.34. The van der Waals surface area contributed by atoms with E-state index in [1.807, 2.05) is 36.6 Å². The summed E-state index contributed by atoms with van der Waals surface area (Å²) in [6, 6.07) is 0. The molecule has 1 aliphatic carbocycles. The van der Waals surface area contributed by atoms with Crippen LogP contribution in [0.1, 0.15) is 0 Å². The maximum Gasteiger partial charge on any atom is 0.162 e. The fourth-order valence-corrected chi connectivity index (χ4v) is 1.90. The highest BCUT2D eigenvalue weighted by Crippen LogP contribution is 2.27. The lowest BCUT2D eigenvalue weighted by Crippen LogP contribution is -2.45. The Balaban J connectivity index is 2.24. The zero-order valence-corrected chi connectivity index (χ0v) is 7.59. The first kappa shape index (κ1) is 7.62. The smallest absolute Gasteiger partial charge is 0.162 e. The van der Waals surface area contributed by atoms with Crippen LogP contribution in [0.3, 0.4) is 0 Å². The van der Waals surface area contributed by atoms with Crippen molar-refractivity contribution in [2.24, 2.45) is 15.0 Å². The molecular weight excluding hydrogens is 174 g/mol. The predicted molar refractivity (Wildman–Crippen MR) is 58.4 cm³/mol. The van der Waals surface area contributed by atoms with E-state index in [4.69, 9.17) is 0 Å². The van der Waals surface area contributed by atoms with Gasteiger partial charge in [0.25, 0.3) is 0 Å². The Labute approximate surface area is 82.0 Å². The molecular formula is C11H9N3. The van der Waals surface area contributed by atoms with Crippen molar-refractivity contribution in [1.82, 2.24) is 0 Å². The second-order valence-corrected chi connectivity index (χ2v) is 3.35. The Morgan fingerprint density at radius 3 is 3.14 bits per heavy atom. The molecule has 0 amide bonds. The topological polar surface area (TPSA) is 37.1 Å². The van der Waals surface area contributed by atoms with E-state index in [0.29, 0.717) is 6.54 Å². The molecule has 3 nitrogen and oxygen atoms in total. The van der Waals surface area contributed by atoms with Gasteiger partial charge in [-0.3, -0.25) is 15.0 Å². The van der Waals surface area contributed by atoms with Crippen molar-refractivity contribution in [3.63, 3.8) is 0 Å². The summed E-state index contributed by atoms with van der Waals surface area (Å²) in [5, 5.41) is 0. The van der Waals surface area contributed by atoms with E-state index in [9.17, 15) is 0 Å². The summed E-state index contributed by atoms with van der Waals surface area (Å²) in [6.45, 7) is 0.673. The first-order chi connectivity index (χ1) is 6.92. The minimum absolute atomic E-state index is 0.415. The second-order valence-electron chi connectivity index (χ2n) is 3.35. The number of rotatable bonds is 0. The van der Waals surface area contributed by atoms with Crippen LogP contribution < -0.4 is 0 Å². The molecule has 0 aromatic rings. The molecule has 2 aliphatic heterocycles. The van der Waals surface area contributed by atoms with Gasteiger partial charge in [0, 0.05) is 12.4 Å². The summed E-state index contributed by atoms with van der Waals surface area (Å²) in [5.41, 5.74) is 1.53. The highest BCUT2D eigenvalue weighted by atomic mass is 15.0. The third-order valence-corrected chi connectivity index (χ3v) is 2.57. The SMILES string of the molecule is C1=CC2=NC=CC3=NCC=NC23C=C1. The second kappa shape index (κ2) is 2.61. The van der Waals surface area contributed by atoms with Crippen molar-refractivity contribution in [3.05, 3.63) is 36.6 Å². The van der Waals surface area contributed by atoms with Crippen molar-refractivity contribution >= 4 is 17.6 Å². The molecule has 14 heavy (non-hydrogen) atoms. The molecule has 1 atom stereocenters. The molecule has 68 valence electrons. The zero-order valence-electron chi connectivity index (χ0n) is 7.59. The maximum absolute atomic E-state index is 4.53. The van der Waals surface area contributed by atoms with Crippen LogP contribution >= 0.6 is 0 Å². The van der Waals surface area contributed by atoms with Gasteiger partial charge in [-0.2, -0.15) is 0 Å². The Kier molecular flexibility index (Phi) is 1.42. The van der Waals surface area contributed by atoms with Gasteiger partial charge in [-0.05, 0) is 18.2 Å². The van der Waals surface area contributed by atoms with Gasteiger partial charge in [0.05, 0.1) is 18.0 Å². The van der Waals surface area contributed by atoms with Gasteiger partial charge in [-0.15, -0.1) is 0 Å². The average Bonchev–Trinajstić information content (AvgIpc) is 2.26. The summed E-state index contributed by atoms with van der Waals surface area (Å²) < 4.78 is 0. The summed E-state index contributed by atoms with van der Waals surface area (Å²) >= 11 is 0. The molecule has 0 saturated carbocycles. The van der Waals surface area contributed by atoms with E-state index in [1.165, 1.54) is 0 Å². The average molecular weight is 183 g/mol. The molecule has 0 bridgehead atoms. The molecule has 0 aromatic carbocycles. The lowest BCUT2D eigenvalue weighted by Gasteiger charge is -2.32. The van der Waals surface area contributed by atoms with Gasteiger partial charge in [0.15, 0.2) is 5.54 Å². The standard InChI is InChI=1S/C11H9N3/c1-2-5-11-9(3-1)12-6-4-10(11)13-7-8-14-11/h1-6,8H,7H2. The number of hydrogen-bond donors (Lipinski definition) is 0. The summed E-state index contributed by atoms with van der Waals surface area (Å²) in [4.78, 5) is 13.3. The van der Waals surface area contributed by atoms with Crippen LogP contribution in [0.2, 0.25) is 0 Å². The van der Waals surface area contributed by atoms with Crippen molar-refractivity contribution < 1.29 is 0 Å². The van der Waals surface area contributed by atoms with Crippen LogP contribution in [0, 0.1) is 0 Å². The zero-order chi connectivity index (χ0) is 9.43. The Hall–Kier alpha value is -1.77. The highest BCUT2D eigenvalue weighted by molar-refractivity contribution is 6.28. The van der Waals surface area contributed by atoms with Gasteiger partial charge in [-0.1, -0.05) is 12.2 Å². The summed E-state index contributed by atoms with van der Waals surface area (Å²) in [6.07, 6.45) is 13.6. The van der Waals surface area contributed by atoms with Crippen LogP contribution in [0.15, 0.2) is 51.6 Å². The number of aliphatic imine (C=N–C) groups is 3. The number of hydrogen-bond acceptors (Lipinski definition) is 3. The van der Waals surface area contributed by atoms with E-state index >= 15 is 0 Å². The Bertz CT molecular complexity index is 449. The first-order valence-electron chi connectivity index (χ1n) is 4.61. The third-order valence-electron chi connectivity index (χ3n) is 2.57. The molecule has 3 heteroatoms. The van der Waals surface area contributed by atoms with Crippen molar-refractivity contribution in [1.29, 1.82) is 0 Å². The molecule has 1 spiro atoms. The fourth-order valence-electron chi connectivity index (χ4n) is 1.90. The lowest BCUT2D eigenvalue weighted by atomic mass is 9.82. The molecule has 0 N–H and O–H groups in total. The van der Waals surface area contributed by atoms with E-state index < -0.39 is 5.54 Å². The number of nitrogens with zero attached hydrogens (tertiary/aromatic N) is 3. The highest BCUT2D eigenvalue weighted by Gasteiger charge is 2.39. The van der Waals surface area contributed by atoms with Crippen molar-refractivity contribution in [3.8, 4) is 0 Å². The normalized spacial score (nSPS) is 32.0. The Morgan fingerprint density at radius 1 is 1.14 bits per heavy atom. The van der Waals surface area contributed by atoms with Gasteiger partial charge >= 0.3 is 0 Å². The minimum atomic E-state index is -0.415. The van der Waals surface area contributed by atoms with E-state index in [-0.39, 0.29) is 0 Å². The molecule has 2 heterocycles. The molecule has 3 rings (SSSR count). The maximum atomic E-state index is 4.53. The summed E-state index contributed by atoms with van der Waals surface area (Å²) in [5.74, 6) is 0. The van der Waals surface area contributed by atoms with Crippen LogP contribution in [0.4, 0.5) is 0 Å². The number of allylic oxidation sites excluding steroid dienone is 2. The largest absolute Gasteiger partial charge is 0.281 e. The third kappa shape index (κ3) is 0.839. The van der Waals surface area contributed by atoms with E-state index in [1.54, 1.807) is 6.20 Å². The van der Waals surface area contributed by atoms with Crippen LogP contribution in [0.25, 0.3) is 0 Å². The molecule has 0 fully saturated rings. The summed E-state index contributed by atoms with van der Waals surface area (Å²) in [7, 11) is 0. The monoisotopic (exact) mass is 183 g/mol. The Morgan fingerprint density at radius 2 is 2.14 bits per heavy atom. The fraction of sp³-hybridized carbons (Fsp3) is 0.182. The molecule has 0 radical (unpaired) electrons. The van der Waals surface area contributed by atoms with Gasteiger partial charge < -0.3 is 0 Å².